The Hall–Kier alpha value is -2.60. The lowest BCUT2D eigenvalue weighted by Crippen LogP contribution is -2.41. The normalized spacial score (nSPS) is 12.9. The molecule has 1 aromatic heterocycles. The molecule has 0 aromatic carbocycles. The molecule has 6 nitrogen and oxygen atoms in total. The van der Waals surface area contributed by atoms with E-state index in [2.05, 4.69) is 4.98 Å². The molecule has 0 aliphatic heterocycles. The van der Waals surface area contributed by atoms with Crippen LogP contribution in [-0.4, -0.2) is 24.2 Å². The van der Waals surface area contributed by atoms with Crippen LogP contribution >= 0.6 is 0 Å². The summed E-state index contributed by atoms with van der Waals surface area (Å²) >= 11 is 0. The van der Waals surface area contributed by atoms with Crippen molar-refractivity contribution >= 4 is 5.97 Å². The van der Waals surface area contributed by atoms with Gasteiger partial charge >= 0.3 is 5.97 Å². The van der Waals surface area contributed by atoms with Gasteiger partial charge in [0.15, 0.2) is 5.92 Å². The second kappa shape index (κ2) is 7.25. The minimum atomic E-state index is -1.44. The predicted molar refractivity (Wildman–Crippen MR) is 74.1 cm³/mol. The number of pyridine rings is 1. The first-order chi connectivity index (χ1) is 10.0. The summed E-state index contributed by atoms with van der Waals surface area (Å²) in [4.78, 5) is 16.4. The molecule has 0 saturated carbocycles. The van der Waals surface area contributed by atoms with Crippen LogP contribution in [0.15, 0.2) is 18.3 Å². The number of carbonyl (C=O) groups excluding carboxylic acids is 1. The van der Waals surface area contributed by atoms with Crippen LogP contribution < -0.4 is 4.74 Å². The maximum atomic E-state index is 12.2. The third kappa shape index (κ3) is 3.29. The first-order valence-corrected chi connectivity index (χ1v) is 6.60. The summed E-state index contributed by atoms with van der Waals surface area (Å²) in [6.07, 6.45) is 1.46. The summed E-state index contributed by atoms with van der Waals surface area (Å²) in [6.45, 7) is 5.66. The number of rotatable bonds is 6. The maximum absolute atomic E-state index is 12.2. The van der Waals surface area contributed by atoms with Crippen LogP contribution in [0.2, 0.25) is 0 Å². The number of carbonyl (C=O) groups is 1. The zero-order valence-electron chi connectivity index (χ0n) is 12.3. The van der Waals surface area contributed by atoms with E-state index in [4.69, 9.17) is 20.0 Å². The van der Waals surface area contributed by atoms with E-state index in [0.717, 1.165) is 0 Å². The predicted octanol–water partition coefficient (Wildman–Crippen LogP) is 1.96. The van der Waals surface area contributed by atoms with Crippen molar-refractivity contribution in [3.63, 3.8) is 0 Å². The van der Waals surface area contributed by atoms with E-state index in [0.29, 0.717) is 18.1 Å². The first-order valence-electron chi connectivity index (χ1n) is 6.60. The number of hydrogen-bond donors (Lipinski definition) is 0. The summed E-state index contributed by atoms with van der Waals surface area (Å²) in [5.41, 5.74) is -1.14. The van der Waals surface area contributed by atoms with Gasteiger partial charge in [0, 0.05) is 0 Å². The van der Waals surface area contributed by atoms with Crippen molar-refractivity contribution in [3.05, 3.63) is 24.0 Å². The van der Waals surface area contributed by atoms with Gasteiger partial charge in [-0.1, -0.05) is 0 Å². The standard InChI is InChI=1S/C15H17N3O3/c1-4-20-12-6-7-13(18-10-12)15(3,11(8-16)9-17)14(19)21-5-2/h6-7,10-11H,4-5H2,1-3H3/t15-/m1/s1. The van der Waals surface area contributed by atoms with Crippen LogP contribution in [0.5, 0.6) is 5.75 Å². The van der Waals surface area contributed by atoms with Gasteiger partial charge in [-0.15, -0.1) is 0 Å². The van der Waals surface area contributed by atoms with Crippen LogP contribution in [0, 0.1) is 28.6 Å². The van der Waals surface area contributed by atoms with Crippen molar-refractivity contribution in [1.82, 2.24) is 4.98 Å². The molecule has 1 rings (SSSR count). The van der Waals surface area contributed by atoms with Gasteiger partial charge in [-0.2, -0.15) is 10.5 Å². The summed E-state index contributed by atoms with van der Waals surface area (Å²) in [7, 11) is 0. The summed E-state index contributed by atoms with van der Waals surface area (Å²) in [5, 5.41) is 18.3. The number of nitrogens with zero attached hydrogens (tertiary/aromatic N) is 3. The average molecular weight is 287 g/mol. The van der Waals surface area contributed by atoms with Crippen LogP contribution in [0.25, 0.3) is 0 Å². The van der Waals surface area contributed by atoms with E-state index in [1.165, 1.54) is 13.1 Å². The van der Waals surface area contributed by atoms with E-state index in [1.54, 1.807) is 19.1 Å². The molecule has 1 atom stereocenters. The third-order valence-electron chi connectivity index (χ3n) is 3.11. The van der Waals surface area contributed by atoms with E-state index in [1.807, 2.05) is 19.1 Å². The fourth-order valence-corrected chi connectivity index (χ4v) is 1.88. The molecular weight excluding hydrogens is 270 g/mol. The molecule has 0 spiro atoms. The Bertz CT molecular complexity index is 557. The van der Waals surface area contributed by atoms with Crippen molar-refractivity contribution in [2.45, 2.75) is 26.2 Å². The molecule has 0 aliphatic rings. The van der Waals surface area contributed by atoms with Crippen LogP contribution in [-0.2, 0) is 14.9 Å². The Balaban J connectivity index is 3.27. The van der Waals surface area contributed by atoms with Crippen LogP contribution in [0.3, 0.4) is 0 Å². The molecule has 0 unspecified atom stereocenters. The van der Waals surface area contributed by atoms with E-state index >= 15 is 0 Å². The van der Waals surface area contributed by atoms with E-state index < -0.39 is 17.3 Å². The van der Waals surface area contributed by atoms with Crippen molar-refractivity contribution in [2.24, 2.45) is 5.92 Å². The SMILES string of the molecule is CCOC(=O)[C@@](C)(c1ccc(OCC)cn1)C(C#N)C#N. The third-order valence-corrected chi connectivity index (χ3v) is 3.11. The Labute approximate surface area is 123 Å². The van der Waals surface area contributed by atoms with Gasteiger partial charge in [0.25, 0.3) is 0 Å². The molecule has 21 heavy (non-hydrogen) atoms. The van der Waals surface area contributed by atoms with Crippen molar-refractivity contribution in [2.75, 3.05) is 13.2 Å². The van der Waals surface area contributed by atoms with Crippen LogP contribution in [0.4, 0.5) is 0 Å². The zero-order valence-corrected chi connectivity index (χ0v) is 12.3. The van der Waals surface area contributed by atoms with E-state index in [-0.39, 0.29) is 6.61 Å². The van der Waals surface area contributed by atoms with E-state index in [9.17, 15) is 4.79 Å². The van der Waals surface area contributed by atoms with Crippen molar-refractivity contribution in [3.8, 4) is 17.9 Å². The maximum Gasteiger partial charge on any atom is 0.320 e. The minimum Gasteiger partial charge on any atom is -0.492 e. The monoisotopic (exact) mass is 287 g/mol. The molecule has 110 valence electrons. The molecule has 1 heterocycles. The molecule has 1 aromatic rings. The highest BCUT2D eigenvalue weighted by molar-refractivity contribution is 5.83. The Morgan fingerprint density at radius 2 is 2.00 bits per heavy atom. The number of nitriles is 2. The van der Waals surface area contributed by atoms with Gasteiger partial charge in [0.2, 0.25) is 0 Å². The number of esters is 1. The van der Waals surface area contributed by atoms with Crippen molar-refractivity contribution < 1.29 is 14.3 Å². The molecule has 0 bridgehead atoms. The Kier molecular flexibility index (Phi) is 5.68. The second-order valence-corrected chi connectivity index (χ2v) is 4.43. The topological polar surface area (TPSA) is 96.0 Å². The van der Waals surface area contributed by atoms with Gasteiger partial charge in [0.1, 0.15) is 11.2 Å². The highest BCUT2D eigenvalue weighted by Gasteiger charge is 2.46. The Morgan fingerprint density at radius 1 is 1.33 bits per heavy atom. The summed E-state index contributed by atoms with van der Waals surface area (Å²) in [6, 6.07) is 6.89. The smallest absolute Gasteiger partial charge is 0.320 e. The fourth-order valence-electron chi connectivity index (χ4n) is 1.88. The summed E-state index contributed by atoms with van der Waals surface area (Å²) in [5.74, 6) is -1.28. The number of aromatic nitrogens is 1. The van der Waals surface area contributed by atoms with Crippen molar-refractivity contribution in [1.29, 1.82) is 10.5 Å². The lowest BCUT2D eigenvalue weighted by atomic mass is 9.75. The largest absolute Gasteiger partial charge is 0.492 e. The minimum absolute atomic E-state index is 0.162. The number of hydrogen-bond acceptors (Lipinski definition) is 6. The molecule has 0 N–H and O–H groups in total. The lowest BCUT2D eigenvalue weighted by molar-refractivity contribution is -0.150. The molecule has 0 radical (unpaired) electrons. The molecule has 0 amide bonds. The average Bonchev–Trinajstić information content (AvgIpc) is 2.49. The molecule has 0 aliphatic carbocycles. The zero-order chi connectivity index (χ0) is 15.9. The van der Waals surface area contributed by atoms with Crippen LogP contribution in [0.1, 0.15) is 26.5 Å². The second-order valence-electron chi connectivity index (χ2n) is 4.43. The Morgan fingerprint density at radius 3 is 2.43 bits per heavy atom. The van der Waals surface area contributed by atoms with Gasteiger partial charge in [-0.25, -0.2) is 0 Å². The van der Waals surface area contributed by atoms with Gasteiger partial charge < -0.3 is 9.47 Å². The summed E-state index contributed by atoms with van der Waals surface area (Å²) < 4.78 is 10.3. The first kappa shape index (κ1) is 16.5. The molecule has 0 saturated heterocycles. The highest BCUT2D eigenvalue weighted by atomic mass is 16.5. The quantitative estimate of drug-likeness (QED) is 0.742. The van der Waals surface area contributed by atoms with Gasteiger partial charge in [-0.3, -0.25) is 9.78 Å². The van der Waals surface area contributed by atoms with Gasteiger partial charge in [-0.05, 0) is 32.9 Å². The molecule has 0 fully saturated rings. The lowest BCUT2D eigenvalue weighted by Gasteiger charge is -2.27. The molecule has 6 heteroatoms. The van der Waals surface area contributed by atoms with Gasteiger partial charge in [0.05, 0.1) is 37.2 Å². The molecular formula is C15H17N3O3. The fraction of sp³-hybridized carbons (Fsp3) is 0.467. The highest BCUT2D eigenvalue weighted by Crippen LogP contribution is 2.32. The number of ether oxygens (including phenoxy) is 2.